The third-order valence-electron chi connectivity index (χ3n) is 3.28. The number of H-pyrrole nitrogens is 1. The molecule has 1 saturated heterocycles. The lowest BCUT2D eigenvalue weighted by Gasteiger charge is -2.28. The van der Waals surface area contributed by atoms with Gasteiger partial charge in [0.25, 0.3) is 5.91 Å². The highest BCUT2D eigenvalue weighted by Gasteiger charge is 2.17. The Kier molecular flexibility index (Phi) is 4.23. The highest BCUT2D eigenvalue weighted by atomic mass is 79.9. The van der Waals surface area contributed by atoms with Crippen molar-refractivity contribution in [3.63, 3.8) is 0 Å². The molecule has 1 aliphatic heterocycles. The van der Waals surface area contributed by atoms with E-state index < -0.39 is 0 Å². The van der Waals surface area contributed by atoms with Crippen LogP contribution in [0.3, 0.4) is 0 Å². The number of likely N-dealkylation sites (tertiary alicyclic amines) is 1. The van der Waals surface area contributed by atoms with E-state index in [1.165, 1.54) is 12.8 Å². The van der Waals surface area contributed by atoms with Gasteiger partial charge in [-0.25, -0.2) is 0 Å². The fraction of sp³-hybridized carbons (Fsp3) is 0.583. The number of piperidine rings is 1. The largest absolute Gasteiger partial charge is 0.356 e. The van der Waals surface area contributed by atoms with E-state index in [1.807, 2.05) is 0 Å². The van der Waals surface area contributed by atoms with Gasteiger partial charge in [-0.1, -0.05) is 0 Å². The molecule has 2 rings (SSSR count). The van der Waals surface area contributed by atoms with E-state index in [4.69, 9.17) is 0 Å². The smallest absolute Gasteiger partial charge is 0.267 e. The van der Waals surface area contributed by atoms with Gasteiger partial charge >= 0.3 is 0 Å². The van der Waals surface area contributed by atoms with E-state index >= 15 is 0 Å². The van der Waals surface area contributed by atoms with Crippen molar-refractivity contribution in [2.75, 3.05) is 26.7 Å². The van der Waals surface area contributed by atoms with E-state index in [9.17, 15) is 4.79 Å². The molecule has 0 aliphatic carbocycles. The van der Waals surface area contributed by atoms with Gasteiger partial charge in [-0.2, -0.15) is 0 Å². The van der Waals surface area contributed by atoms with E-state index in [1.54, 1.807) is 12.3 Å². The van der Waals surface area contributed by atoms with Crippen molar-refractivity contribution >= 4 is 21.8 Å². The predicted octanol–water partition coefficient (Wildman–Crippen LogP) is 1.85. The van der Waals surface area contributed by atoms with Crippen LogP contribution in [0.25, 0.3) is 0 Å². The summed E-state index contributed by atoms with van der Waals surface area (Å²) in [6.45, 7) is 3.05. The molecule has 1 aromatic heterocycles. The molecule has 0 saturated carbocycles. The Balaban J connectivity index is 1.76. The molecular formula is C12H18BrN3O. The van der Waals surface area contributed by atoms with Gasteiger partial charge in [0.2, 0.25) is 0 Å². The number of nitrogens with zero attached hydrogens (tertiary/aromatic N) is 1. The van der Waals surface area contributed by atoms with E-state index in [2.05, 4.69) is 38.2 Å². The molecule has 2 N–H and O–H groups in total. The molecule has 4 nitrogen and oxygen atoms in total. The van der Waals surface area contributed by atoms with Gasteiger partial charge in [-0.05, 0) is 60.9 Å². The average Bonchev–Trinajstić information content (AvgIpc) is 2.75. The second-order valence-corrected chi connectivity index (χ2v) is 5.60. The number of hydrogen-bond donors (Lipinski definition) is 2. The molecule has 17 heavy (non-hydrogen) atoms. The summed E-state index contributed by atoms with van der Waals surface area (Å²) in [7, 11) is 2.14. The normalized spacial score (nSPS) is 18.2. The summed E-state index contributed by atoms with van der Waals surface area (Å²) in [6.07, 6.45) is 4.11. The Bertz CT molecular complexity index is 383. The van der Waals surface area contributed by atoms with Gasteiger partial charge in [-0.15, -0.1) is 0 Å². The molecule has 0 bridgehead atoms. The van der Waals surface area contributed by atoms with Crippen LogP contribution in [0.1, 0.15) is 23.3 Å². The van der Waals surface area contributed by atoms with Crippen molar-refractivity contribution in [1.82, 2.24) is 15.2 Å². The fourth-order valence-corrected chi connectivity index (χ4v) is 2.44. The molecule has 0 aromatic carbocycles. The first kappa shape index (κ1) is 12.6. The van der Waals surface area contributed by atoms with Gasteiger partial charge in [0, 0.05) is 17.2 Å². The van der Waals surface area contributed by atoms with Crippen LogP contribution < -0.4 is 5.32 Å². The van der Waals surface area contributed by atoms with Crippen LogP contribution in [0.2, 0.25) is 0 Å². The summed E-state index contributed by atoms with van der Waals surface area (Å²) in [5, 5.41) is 2.99. The summed E-state index contributed by atoms with van der Waals surface area (Å²) < 4.78 is 0.905. The number of amides is 1. The number of rotatable bonds is 3. The zero-order valence-electron chi connectivity index (χ0n) is 10.0. The van der Waals surface area contributed by atoms with Crippen LogP contribution in [-0.2, 0) is 0 Å². The second kappa shape index (κ2) is 5.69. The molecule has 1 aliphatic rings. The Morgan fingerprint density at radius 2 is 2.29 bits per heavy atom. The molecule has 0 unspecified atom stereocenters. The summed E-state index contributed by atoms with van der Waals surface area (Å²) in [4.78, 5) is 17.1. The maximum Gasteiger partial charge on any atom is 0.267 e. The summed E-state index contributed by atoms with van der Waals surface area (Å²) in [5.41, 5.74) is 0.616. The van der Waals surface area contributed by atoms with Crippen LogP contribution in [0.4, 0.5) is 0 Å². The van der Waals surface area contributed by atoms with Crippen molar-refractivity contribution in [3.05, 3.63) is 22.4 Å². The number of carbonyl (C=O) groups is 1. The lowest BCUT2D eigenvalue weighted by atomic mass is 9.97. The standard InChI is InChI=1S/C12H18BrN3O/c1-16-4-2-9(3-5-16)7-15-12(17)11-6-10(13)8-14-11/h6,8-9,14H,2-5,7H2,1H3,(H,15,17). The fourth-order valence-electron chi connectivity index (χ4n) is 2.10. The first-order valence-electron chi connectivity index (χ1n) is 5.96. The first-order valence-corrected chi connectivity index (χ1v) is 6.75. The molecule has 2 heterocycles. The van der Waals surface area contributed by atoms with Crippen LogP contribution in [-0.4, -0.2) is 42.5 Å². The van der Waals surface area contributed by atoms with E-state index in [0.29, 0.717) is 11.6 Å². The zero-order chi connectivity index (χ0) is 12.3. The van der Waals surface area contributed by atoms with Crippen LogP contribution in [0, 0.1) is 5.92 Å². The Labute approximate surface area is 110 Å². The van der Waals surface area contributed by atoms with Crippen molar-refractivity contribution in [2.45, 2.75) is 12.8 Å². The number of aromatic nitrogens is 1. The SMILES string of the molecule is CN1CCC(CNC(=O)c2cc(Br)c[nH]2)CC1. The van der Waals surface area contributed by atoms with Crippen LogP contribution in [0.15, 0.2) is 16.7 Å². The third kappa shape index (κ3) is 3.57. The second-order valence-electron chi connectivity index (χ2n) is 4.69. The summed E-state index contributed by atoms with van der Waals surface area (Å²) in [6, 6.07) is 1.80. The first-order chi connectivity index (χ1) is 8.15. The minimum Gasteiger partial charge on any atom is -0.356 e. The Morgan fingerprint density at radius 1 is 1.59 bits per heavy atom. The van der Waals surface area contributed by atoms with Gasteiger partial charge in [-0.3, -0.25) is 4.79 Å². The van der Waals surface area contributed by atoms with Gasteiger partial charge < -0.3 is 15.2 Å². The van der Waals surface area contributed by atoms with Crippen LogP contribution >= 0.6 is 15.9 Å². The molecule has 1 aromatic rings. The molecule has 94 valence electrons. The number of halogens is 1. The molecule has 0 spiro atoms. The third-order valence-corrected chi connectivity index (χ3v) is 3.74. The van der Waals surface area contributed by atoms with E-state index in [0.717, 1.165) is 24.1 Å². The lowest BCUT2D eigenvalue weighted by molar-refractivity contribution is 0.0934. The number of aromatic amines is 1. The number of hydrogen-bond acceptors (Lipinski definition) is 2. The zero-order valence-corrected chi connectivity index (χ0v) is 11.6. The minimum absolute atomic E-state index is 0.0189. The summed E-state index contributed by atoms with van der Waals surface area (Å²) >= 11 is 3.32. The van der Waals surface area contributed by atoms with Gasteiger partial charge in [0.1, 0.15) is 5.69 Å². The van der Waals surface area contributed by atoms with E-state index in [-0.39, 0.29) is 5.91 Å². The average molecular weight is 300 g/mol. The number of nitrogens with one attached hydrogen (secondary N) is 2. The predicted molar refractivity (Wildman–Crippen MR) is 71.0 cm³/mol. The van der Waals surface area contributed by atoms with Crippen molar-refractivity contribution in [3.8, 4) is 0 Å². The molecule has 1 amide bonds. The molecule has 0 atom stereocenters. The lowest BCUT2D eigenvalue weighted by Crippen LogP contribution is -2.36. The van der Waals surface area contributed by atoms with Gasteiger partial charge in [0.05, 0.1) is 0 Å². The summed E-state index contributed by atoms with van der Waals surface area (Å²) in [5.74, 6) is 0.600. The highest BCUT2D eigenvalue weighted by Crippen LogP contribution is 2.15. The minimum atomic E-state index is -0.0189. The van der Waals surface area contributed by atoms with Gasteiger partial charge in [0.15, 0.2) is 0 Å². The maximum atomic E-state index is 11.8. The molecule has 1 fully saturated rings. The number of carbonyl (C=O) groups excluding carboxylic acids is 1. The van der Waals surface area contributed by atoms with Crippen molar-refractivity contribution in [1.29, 1.82) is 0 Å². The Hall–Kier alpha value is -0.810. The van der Waals surface area contributed by atoms with Crippen molar-refractivity contribution < 1.29 is 4.79 Å². The van der Waals surface area contributed by atoms with Crippen molar-refractivity contribution in [2.24, 2.45) is 5.92 Å². The Morgan fingerprint density at radius 3 is 2.88 bits per heavy atom. The molecule has 5 heteroatoms. The maximum absolute atomic E-state index is 11.8. The van der Waals surface area contributed by atoms with Crippen LogP contribution in [0.5, 0.6) is 0 Å². The topological polar surface area (TPSA) is 48.1 Å². The highest BCUT2D eigenvalue weighted by molar-refractivity contribution is 9.10. The quantitative estimate of drug-likeness (QED) is 0.895. The monoisotopic (exact) mass is 299 g/mol. The molecule has 0 radical (unpaired) electrons. The molecular weight excluding hydrogens is 282 g/mol.